The highest BCUT2D eigenvalue weighted by atomic mass is 35.5. The van der Waals surface area contributed by atoms with E-state index in [1.54, 1.807) is 6.07 Å². The summed E-state index contributed by atoms with van der Waals surface area (Å²) in [4.78, 5) is 12.7. The van der Waals surface area contributed by atoms with Crippen molar-refractivity contribution in [1.29, 1.82) is 0 Å². The highest BCUT2D eigenvalue weighted by molar-refractivity contribution is 7.13. The number of hydrogen-bond acceptors (Lipinski definition) is 5. The highest BCUT2D eigenvalue weighted by Gasteiger charge is 2.24. The maximum Gasteiger partial charge on any atom is 0.324 e. The number of nitro groups is 1. The summed E-state index contributed by atoms with van der Waals surface area (Å²) in [5.41, 5.74) is 1.06. The van der Waals surface area contributed by atoms with Crippen LogP contribution in [0.5, 0.6) is 0 Å². The highest BCUT2D eigenvalue weighted by Crippen LogP contribution is 2.26. The lowest BCUT2D eigenvalue weighted by molar-refractivity contribution is -0.380. The number of nitrogens with one attached hydrogen (secondary N) is 1. The molecule has 0 amide bonds. The van der Waals surface area contributed by atoms with Gasteiger partial charge < -0.3 is 5.32 Å². The predicted octanol–water partition coefficient (Wildman–Crippen LogP) is 2.26. The number of rotatable bonds is 5. The Balaban J connectivity index is 0.00000162. The molecule has 1 aromatic heterocycles. The molecule has 1 saturated heterocycles. The van der Waals surface area contributed by atoms with Crippen molar-refractivity contribution in [2.75, 3.05) is 20.1 Å². The maximum atomic E-state index is 10.6. The van der Waals surface area contributed by atoms with E-state index in [4.69, 9.17) is 0 Å². The van der Waals surface area contributed by atoms with Crippen molar-refractivity contribution in [3.63, 3.8) is 0 Å². The second-order valence-electron chi connectivity index (χ2n) is 4.37. The van der Waals surface area contributed by atoms with Gasteiger partial charge in [-0.1, -0.05) is 11.3 Å². The van der Waals surface area contributed by atoms with Gasteiger partial charge in [0.15, 0.2) is 0 Å². The van der Waals surface area contributed by atoms with E-state index in [-0.39, 0.29) is 22.3 Å². The molecule has 18 heavy (non-hydrogen) atoms. The van der Waals surface area contributed by atoms with Gasteiger partial charge in [-0.2, -0.15) is 0 Å². The molecule has 7 heteroatoms. The SMILES string of the molecule is CNCC1CCCN1Cc1csc([N+](=O)[O-])c1.Cl. The summed E-state index contributed by atoms with van der Waals surface area (Å²) >= 11 is 1.21. The van der Waals surface area contributed by atoms with Crippen LogP contribution in [0.15, 0.2) is 11.4 Å². The standard InChI is InChI=1S/C11H17N3O2S.ClH/c1-12-6-10-3-2-4-13(10)7-9-5-11(14(15)16)17-8-9;/h5,8,10,12H,2-4,6-7H2,1H3;1H. The van der Waals surface area contributed by atoms with Gasteiger partial charge in [-0.05, 0) is 32.0 Å². The van der Waals surface area contributed by atoms with Crippen LogP contribution in [0, 0.1) is 10.1 Å². The van der Waals surface area contributed by atoms with E-state index in [0.29, 0.717) is 6.04 Å². The molecule has 0 saturated carbocycles. The lowest BCUT2D eigenvalue weighted by Gasteiger charge is -2.23. The van der Waals surface area contributed by atoms with Crippen molar-refractivity contribution in [3.05, 3.63) is 27.1 Å². The second kappa shape index (κ2) is 7.04. The molecule has 1 N–H and O–H groups in total. The molecular formula is C11H18ClN3O2S. The number of likely N-dealkylation sites (N-methyl/N-ethyl adjacent to an activating group) is 1. The Bertz CT molecular complexity index is 399. The van der Waals surface area contributed by atoms with Gasteiger partial charge in [-0.3, -0.25) is 15.0 Å². The van der Waals surface area contributed by atoms with Gasteiger partial charge in [-0.25, -0.2) is 0 Å². The molecule has 2 rings (SSSR count). The topological polar surface area (TPSA) is 58.4 Å². The summed E-state index contributed by atoms with van der Waals surface area (Å²) < 4.78 is 0. The lowest BCUT2D eigenvalue weighted by Crippen LogP contribution is -2.36. The largest absolute Gasteiger partial charge is 0.324 e. The van der Waals surface area contributed by atoms with E-state index in [1.807, 2.05) is 12.4 Å². The Kier molecular flexibility index (Phi) is 6.01. The van der Waals surface area contributed by atoms with Crippen LogP contribution in [0.1, 0.15) is 18.4 Å². The zero-order valence-electron chi connectivity index (χ0n) is 10.3. The van der Waals surface area contributed by atoms with E-state index >= 15 is 0 Å². The first-order valence-electron chi connectivity index (χ1n) is 5.81. The number of likely N-dealkylation sites (tertiary alicyclic amines) is 1. The van der Waals surface area contributed by atoms with E-state index in [2.05, 4.69) is 10.2 Å². The van der Waals surface area contributed by atoms with Crippen molar-refractivity contribution >= 4 is 28.7 Å². The summed E-state index contributed by atoms with van der Waals surface area (Å²) in [6, 6.07) is 2.26. The average Bonchev–Trinajstić information content (AvgIpc) is 2.90. The van der Waals surface area contributed by atoms with Crippen LogP contribution in [-0.2, 0) is 6.54 Å². The van der Waals surface area contributed by atoms with E-state index in [1.165, 1.54) is 24.2 Å². The Morgan fingerprint density at radius 2 is 2.44 bits per heavy atom. The molecule has 102 valence electrons. The van der Waals surface area contributed by atoms with Crippen LogP contribution >= 0.6 is 23.7 Å². The zero-order chi connectivity index (χ0) is 12.3. The molecule has 0 radical (unpaired) electrons. The van der Waals surface area contributed by atoms with Gasteiger partial charge in [0, 0.05) is 30.6 Å². The minimum absolute atomic E-state index is 0. The van der Waals surface area contributed by atoms with Crippen LogP contribution in [-0.4, -0.2) is 36.0 Å². The predicted molar refractivity (Wildman–Crippen MR) is 75.6 cm³/mol. The van der Waals surface area contributed by atoms with E-state index in [0.717, 1.165) is 25.2 Å². The summed E-state index contributed by atoms with van der Waals surface area (Å²) in [5, 5.41) is 15.9. The zero-order valence-corrected chi connectivity index (χ0v) is 11.9. The van der Waals surface area contributed by atoms with Crippen molar-refractivity contribution in [1.82, 2.24) is 10.2 Å². The molecule has 5 nitrogen and oxygen atoms in total. The van der Waals surface area contributed by atoms with Crippen LogP contribution in [0.3, 0.4) is 0 Å². The number of hydrogen-bond donors (Lipinski definition) is 1. The minimum Gasteiger partial charge on any atom is -0.318 e. The molecule has 0 aliphatic carbocycles. The van der Waals surface area contributed by atoms with Gasteiger partial charge in [0.2, 0.25) is 0 Å². The molecule has 0 aromatic carbocycles. The fraction of sp³-hybridized carbons (Fsp3) is 0.636. The van der Waals surface area contributed by atoms with E-state index < -0.39 is 0 Å². The molecule has 1 aliphatic heterocycles. The van der Waals surface area contributed by atoms with Crippen molar-refractivity contribution in [2.45, 2.75) is 25.4 Å². The molecule has 1 fully saturated rings. The maximum absolute atomic E-state index is 10.6. The van der Waals surface area contributed by atoms with Crippen LogP contribution < -0.4 is 5.32 Å². The van der Waals surface area contributed by atoms with Crippen LogP contribution in [0.4, 0.5) is 5.00 Å². The molecule has 0 spiro atoms. The van der Waals surface area contributed by atoms with Crippen LogP contribution in [0.25, 0.3) is 0 Å². The Morgan fingerprint density at radius 3 is 3.06 bits per heavy atom. The molecule has 0 bridgehead atoms. The smallest absolute Gasteiger partial charge is 0.318 e. The monoisotopic (exact) mass is 291 g/mol. The number of nitrogens with zero attached hydrogens (tertiary/aromatic N) is 2. The first kappa shape index (κ1) is 15.4. The third-order valence-corrected chi connectivity index (χ3v) is 4.07. The van der Waals surface area contributed by atoms with Crippen molar-refractivity contribution in [2.24, 2.45) is 0 Å². The second-order valence-corrected chi connectivity index (χ2v) is 5.26. The van der Waals surface area contributed by atoms with Gasteiger partial charge in [0.25, 0.3) is 0 Å². The van der Waals surface area contributed by atoms with E-state index in [9.17, 15) is 10.1 Å². The molecule has 1 aromatic rings. The van der Waals surface area contributed by atoms with Crippen molar-refractivity contribution < 1.29 is 4.92 Å². The minimum atomic E-state index is -0.316. The lowest BCUT2D eigenvalue weighted by atomic mass is 10.2. The first-order valence-corrected chi connectivity index (χ1v) is 6.69. The quantitative estimate of drug-likeness (QED) is 0.668. The average molecular weight is 292 g/mol. The number of thiophene rings is 1. The fourth-order valence-electron chi connectivity index (χ4n) is 2.35. The van der Waals surface area contributed by atoms with Gasteiger partial charge in [-0.15, -0.1) is 12.4 Å². The Labute approximate surface area is 117 Å². The normalized spacial score (nSPS) is 19.7. The first-order chi connectivity index (χ1) is 8.20. The van der Waals surface area contributed by atoms with Gasteiger partial charge in [0.05, 0.1) is 4.92 Å². The Morgan fingerprint density at radius 1 is 1.67 bits per heavy atom. The fourth-order valence-corrected chi connectivity index (χ4v) is 3.07. The third kappa shape index (κ3) is 3.65. The Hall–Kier alpha value is -0.690. The van der Waals surface area contributed by atoms with Gasteiger partial charge >= 0.3 is 5.00 Å². The van der Waals surface area contributed by atoms with Gasteiger partial charge in [0.1, 0.15) is 0 Å². The molecule has 2 heterocycles. The molecule has 1 unspecified atom stereocenters. The molecule has 1 atom stereocenters. The summed E-state index contributed by atoms with van der Waals surface area (Å²) in [7, 11) is 1.96. The summed E-state index contributed by atoms with van der Waals surface area (Å²) in [6.45, 7) is 2.92. The summed E-state index contributed by atoms with van der Waals surface area (Å²) in [6.07, 6.45) is 2.44. The van der Waals surface area contributed by atoms with Crippen LogP contribution in [0.2, 0.25) is 0 Å². The number of halogens is 1. The third-order valence-electron chi connectivity index (χ3n) is 3.14. The summed E-state index contributed by atoms with van der Waals surface area (Å²) in [5.74, 6) is 0. The van der Waals surface area contributed by atoms with Crippen molar-refractivity contribution in [3.8, 4) is 0 Å². The molecular weight excluding hydrogens is 274 g/mol. The molecule has 1 aliphatic rings.